The van der Waals surface area contributed by atoms with E-state index in [-0.39, 0.29) is 0 Å². The topological polar surface area (TPSA) is 67.1 Å². The summed E-state index contributed by atoms with van der Waals surface area (Å²) < 4.78 is 1.75. The molecule has 1 aromatic carbocycles. The molecule has 27 heavy (non-hydrogen) atoms. The molecule has 0 aliphatic carbocycles. The van der Waals surface area contributed by atoms with E-state index >= 15 is 0 Å². The van der Waals surface area contributed by atoms with E-state index in [4.69, 9.17) is 0 Å². The number of benzene rings is 1. The van der Waals surface area contributed by atoms with E-state index in [9.17, 15) is 0 Å². The minimum absolute atomic E-state index is 0.429. The lowest BCUT2D eigenvalue weighted by Crippen LogP contribution is -2.39. The Kier molecular flexibility index (Phi) is 6.87. The van der Waals surface area contributed by atoms with Crippen molar-refractivity contribution in [2.75, 3.05) is 13.6 Å². The third-order valence-corrected chi connectivity index (χ3v) is 4.98. The van der Waals surface area contributed by atoms with Gasteiger partial charge in [-0.15, -0.1) is 11.8 Å². The summed E-state index contributed by atoms with van der Waals surface area (Å²) in [6.45, 7) is 3.70. The van der Waals surface area contributed by atoms with Crippen LogP contribution in [0.25, 0.3) is 5.82 Å². The van der Waals surface area contributed by atoms with Crippen LogP contribution in [0, 0.1) is 0 Å². The molecule has 1 atom stereocenters. The maximum atomic E-state index is 4.35. The summed E-state index contributed by atoms with van der Waals surface area (Å²) in [4.78, 5) is 9.93. The number of nitrogens with zero attached hydrogens (tertiary/aromatic N) is 4. The van der Waals surface area contributed by atoms with Gasteiger partial charge in [0.2, 0.25) is 0 Å². The number of thioether (sulfide) groups is 1. The van der Waals surface area contributed by atoms with Gasteiger partial charge in [-0.25, -0.2) is 9.67 Å². The van der Waals surface area contributed by atoms with Gasteiger partial charge in [-0.1, -0.05) is 25.1 Å². The monoisotopic (exact) mass is 380 g/mol. The number of aromatic nitrogens is 3. The van der Waals surface area contributed by atoms with Crippen LogP contribution in [-0.4, -0.2) is 39.6 Å². The van der Waals surface area contributed by atoms with Crippen LogP contribution in [0.5, 0.6) is 0 Å². The summed E-state index contributed by atoms with van der Waals surface area (Å²) >= 11 is 1.85. The molecule has 0 aliphatic heterocycles. The lowest BCUT2D eigenvalue weighted by Gasteiger charge is -2.16. The molecule has 2 N–H and O–H groups in total. The van der Waals surface area contributed by atoms with Crippen molar-refractivity contribution in [2.24, 2.45) is 4.99 Å². The summed E-state index contributed by atoms with van der Waals surface area (Å²) in [7, 11) is 1.78. The van der Waals surface area contributed by atoms with Gasteiger partial charge in [0.25, 0.3) is 0 Å². The van der Waals surface area contributed by atoms with E-state index < -0.39 is 0 Å². The van der Waals surface area contributed by atoms with Crippen molar-refractivity contribution in [1.29, 1.82) is 0 Å². The van der Waals surface area contributed by atoms with Crippen molar-refractivity contribution in [3.63, 3.8) is 0 Å². The molecule has 0 bridgehead atoms. The Hall–Kier alpha value is -2.80. The van der Waals surface area contributed by atoms with Gasteiger partial charge in [0.15, 0.2) is 11.8 Å². The number of rotatable bonds is 7. The second kappa shape index (κ2) is 9.78. The SMILES string of the molecule is CN=C(NCc1ccnc(-n2cccn2)c1)NCC(C)Sc1ccccc1. The van der Waals surface area contributed by atoms with Crippen LogP contribution >= 0.6 is 11.8 Å². The van der Waals surface area contributed by atoms with Crippen molar-refractivity contribution in [3.8, 4) is 5.82 Å². The summed E-state index contributed by atoms with van der Waals surface area (Å²) in [5, 5.41) is 11.4. The molecule has 0 radical (unpaired) electrons. The van der Waals surface area contributed by atoms with Crippen LogP contribution in [0.1, 0.15) is 12.5 Å². The smallest absolute Gasteiger partial charge is 0.191 e. The van der Waals surface area contributed by atoms with Crippen LogP contribution in [0.15, 0.2) is 77.0 Å². The molecule has 7 heteroatoms. The quantitative estimate of drug-likeness (QED) is 0.374. The van der Waals surface area contributed by atoms with Crippen molar-refractivity contribution in [2.45, 2.75) is 23.6 Å². The Morgan fingerprint density at radius 3 is 2.74 bits per heavy atom. The van der Waals surface area contributed by atoms with Crippen LogP contribution in [-0.2, 0) is 6.54 Å². The second-order valence-corrected chi connectivity index (χ2v) is 7.53. The zero-order valence-corrected chi connectivity index (χ0v) is 16.4. The zero-order chi connectivity index (χ0) is 18.9. The Bertz CT molecular complexity index is 848. The van der Waals surface area contributed by atoms with Crippen LogP contribution in [0.4, 0.5) is 0 Å². The number of guanidine groups is 1. The highest BCUT2D eigenvalue weighted by atomic mass is 32.2. The Labute approximate surface area is 164 Å². The number of pyridine rings is 1. The Morgan fingerprint density at radius 2 is 2.00 bits per heavy atom. The van der Waals surface area contributed by atoms with E-state index in [1.54, 1.807) is 24.1 Å². The van der Waals surface area contributed by atoms with E-state index in [2.05, 4.69) is 56.9 Å². The van der Waals surface area contributed by atoms with Gasteiger partial charge in [0, 0.05) is 48.9 Å². The molecule has 0 saturated carbocycles. The molecule has 1 unspecified atom stereocenters. The summed E-state index contributed by atoms with van der Waals surface area (Å²) in [6.07, 6.45) is 5.42. The normalized spacial score (nSPS) is 12.6. The predicted molar refractivity (Wildman–Crippen MR) is 111 cm³/mol. The maximum Gasteiger partial charge on any atom is 0.191 e. The van der Waals surface area contributed by atoms with Crippen LogP contribution < -0.4 is 10.6 Å². The molecule has 6 nitrogen and oxygen atoms in total. The summed E-state index contributed by atoms with van der Waals surface area (Å²) in [6, 6.07) is 16.3. The largest absolute Gasteiger partial charge is 0.355 e. The van der Waals surface area contributed by atoms with Crippen molar-refractivity contribution in [1.82, 2.24) is 25.4 Å². The average Bonchev–Trinajstić information content (AvgIpc) is 3.24. The number of aliphatic imine (C=N–C) groups is 1. The zero-order valence-electron chi connectivity index (χ0n) is 15.5. The lowest BCUT2D eigenvalue weighted by molar-refractivity contribution is 0.785. The molecule has 0 amide bonds. The molecule has 0 saturated heterocycles. The first-order valence-electron chi connectivity index (χ1n) is 8.86. The molecular formula is C20H24N6S. The molecule has 3 rings (SSSR count). The molecule has 0 spiro atoms. The first kappa shape index (κ1) is 19.0. The number of hydrogen-bond donors (Lipinski definition) is 2. The lowest BCUT2D eigenvalue weighted by atomic mass is 10.2. The van der Waals surface area contributed by atoms with E-state index in [1.165, 1.54) is 4.90 Å². The van der Waals surface area contributed by atoms with Crippen molar-refractivity contribution >= 4 is 17.7 Å². The third-order valence-electron chi connectivity index (χ3n) is 3.87. The minimum Gasteiger partial charge on any atom is -0.355 e. The highest BCUT2D eigenvalue weighted by Crippen LogP contribution is 2.21. The molecule has 0 aliphatic rings. The average molecular weight is 381 g/mol. The molecule has 0 fully saturated rings. The minimum atomic E-state index is 0.429. The summed E-state index contributed by atoms with van der Waals surface area (Å²) in [5.74, 6) is 1.59. The molecule has 3 aromatic rings. The fourth-order valence-corrected chi connectivity index (χ4v) is 3.47. The fourth-order valence-electron chi connectivity index (χ4n) is 2.52. The number of nitrogens with one attached hydrogen (secondary N) is 2. The molecule has 2 aromatic heterocycles. The van der Waals surface area contributed by atoms with Gasteiger partial charge in [0.05, 0.1) is 0 Å². The maximum absolute atomic E-state index is 4.35. The third kappa shape index (κ3) is 5.86. The Morgan fingerprint density at radius 1 is 1.15 bits per heavy atom. The fraction of sp³-hybridized carbons (Fsp3) is 0.250. The van der Waals surface area contributed by atoms with E-state index in [0.717, 1.165) is 23.9 Å². The predicted octanol–water partition coefficient (Wildman–Crippen LogP) is 3.11. The van der Waals surface area contributed by atoms with Crippen molar-refractivity contribution in [3.05, 3.63) is 72.7 Å². The first-order chi connectivity index (χ1) is 13.2. The van der Waals surface area contributed by atoms with E-state index in [1.807, 2.05) is 42.2 Å². The molecule has 2 heterocycles. The molecular weight excluding hydrogens is 356 g/mol. The van der Waals surface area contributed by atoms with Gasteiger partial charge in [-0.3, -0.25) is 4.99 Å². The van der Waals surface area contributed by atoms with Crippen LogP contribution in [0.3, 0.4) is 0 Å². The van der Waals surface area contributed by atoms with Crippen molar-refractivity contribution < 1.29 is 0 Å². The van der Waals surface area contributed by atoms with Gasteiger partial charge >= 0.3 is 0 Å². The second-order valence-electron chi connectivity index (χ2n) is 6.02. The highest BCUT2D eigenvalue weighted by Gasteiger charge is 2.06. The Balaban J connectivity index is 1.49. The van der Waals surface area contributed by atoms with E-state index in [0.29, 0.717) is 11.8 Å². The van der Waals surface area contributed by atoms with Gasteiger partial charge in [-0.2, -0.15) is 5.10 Å². The number of hydrogen-bond acceptors (Lipinski definition) is 4. The summed E-state index contributed by atoms with van der Waals surface area (Å²) in [5.41, 5.74) is 1.12. The van der Waals surface area contributed by atoms with Gasteiger partial charge in [-0.05, 0) is 35.9 Å². The van der Waals surface area contributed by atoms with Gasteiger partial charge < -0.3 is 10.6 Å². The highest BCUT2D eigenvalue weighted by molar-refractivity contribution is 8.00. The van der Waals surface area contributed by atoms with Gasteiger partial charge in [0.1, 0.15) is 0 Å². The first-order valence-corrected chi connectivity index (χ1v) is 9.74. The standard InChI is InChI=1S/C20H24N6S/c1-16(27-18-7-4-3-5-8-18)14-23-20(21-2)24-15-17-9-11-22-19(13-17)26-12-6-10-25-26/h3-13,16H,14-15H2,1-2H3,(H2,21,23,24). The van der Waals surface area contributed by atoms with Crippen LogP contribution in [0.2, 0.25) is 0 Å². The molecule has 140 valence electrons.